The van der Waals surface area contributed by atoms with Crippen molar-refractivity contribution in [3.05, 3.63) is 0 Å². The van der Waals surface area contributed by atoms with Crippen molar-refractivity contribution in [2.45, 2.75) is 19.0 Å². The third kappa shape index (κ3) is 2.92. The van der Waals surface area contributed by atoms with Crippen molar-refractivity contribution in [1.29, 1.82) is 0 Å². The SMILES string of the molecule is C1C[N]C(N2CCCNCC2)CNC1. The summed E-state index contributed by atoms with van der Waals surface area (Å²) in [6.45, 7) is 7.83. The normalized spacial score (nSPS) is 32.1. The van der Waals surface area contributed by atoms with Gasteiger partial charge in [0.2, 0.25) is 0 Å². The van der Waals surface area contributed by atoms with E-state index in [-0.39, 0.29) is 0 Å². The summed E-state index contributed by atoms with van der Waals surface area (Å²) >= 11 is 0. The smallest absolute Gasteiger partial charge is 0.0887 e. The Kier molecular flexibility index (Phi) is 4.19. The van der Waals surface area contributed by atoms with Crippen LogP contribution in [0.1, 0.15) is 12.8 Å². The fourth-order valence-corrected chi connectivity index (χ4v) is 2.15. The van der Waals surface area contributed by atoms with Crippen molar-refractivity contribution in [3.63, 3.8) is 0 Å². The van der Waals surface area contributed by atoms with Crippen LogP contribution in [-0.2, 0) is 0 Å². The van der Waals surface area contributed by atoms with Crippen LogP contribution in [0.3, 0.4) is 0 Å². The van der Waals surface area contributed by atoms with Crippen LogP contribution in [0.25, 0.3) is 0 Å². The number of nitrogens with one attached hydrogen (secondary N) is 2. The lowest BCUT2D eigenvalue weighted by Crippen LogP contribution is -2.47. The van der Waals surface area contributed by atoms with E-state index in [4.69, 9.17) is 5.32 Å². The van der Waals surface area contributed by atoms with Crippen molar-refractivity contribution in [2.24, 2.45) is 0 Å². The van der Waals surface area contributed by atoms with Gasteiger partial charge in [-0.2, -0.15) is 0 Å². The topological polar surface area (TPSA) is 41.4 Å². The minimum absolute atomic E-state index is 0.428. The van der Waals surface area contributed by atoms with Crippen molar-refractivity contribution in [3.8, 4) is 0 Å². The summed E-state index contributed by atoms with van der Waals surface area (Å²) in [6.07, 6.45) is 2.88. The Morgan fingerprint density at radius 3 is 2.93 bits per heavy atom. The highest BCUT2D eigenvalue weighted by Gasteiger charge is 2.20. The van der Waals surface area contributed by atoms with E-state index in [0.29, 0.717) is 6.17 Å². The molecule has 2 rings (SSSR count). The Morgan fingerprint density at radius 2 is 1.93 bits per heavy atom. The van der Waals surface area contributed by atoms with Gasteiger partial charge in [0.15, 0.2) is 0 Å². The molecule has 2 heterocycles. The lowest BCUT2D eigenvalue weighted by atomic mass is 10.3. The summed E-state index contributed by atoms with van der Waals surface area (Å²) in [5.74, 6) is 0. The molecule has 2 saturated heterocycles. The molecule has 2 fully saturated rings. The van der Waals surface area contributed by atoms with Gasteiger partial charge < -0.3 is 10.6 Å². The monoisotopic (exact) mass is 197 g/mol. The molecular formula is C10H21N4. The first-order chi connectivity index (χ1) is 6.97. The molecule has 0 saturated carbocycles. The average Bonchev–Trinajstić information content (AvgIpc) is 2.62. The Bertz CT molecular complexity index is 128. The first-order valence-electron chi connectivity index (χ1n) is 5.79. The van der Waals surface area contributed by atoms with Crippen LogP contribution in [0.4, 0.5) is 0 Å². The summed E-state index contributed by atoms with van der Waals surface area (Å²) in [6, 6.07) is 0. The van der Waals surface area contributed by atoms with Crippen molar-refractivity contribution in [2.75, 3.05) is 45.8 Å². The predicted molar refractivity (Wildman–Crippen MR) is 57.3 cm³/mol. The lowest BCUT2D eigenvalue weighted by Gasteiger charge is -2.28. The van der Waals surface area contributed by atoms with Gasteiger partial charge in [-0.1, -0.05) is 0 Å². The molecule has 2 N–H and O–H groups in total. The fraction of sp³-hybridized carbons (Fsp3) is 1.00. The van der Waals surface area contributed by atoms with Gasteiger partial charge in [-0.25, -0.2) is 5.32 Å². The number of hydrogen-bond acceptors (Lipinski definition) is 3. The lowest BCUT2D eigenvalue weighted by molar-refractivity contribution is 0.176. The molecule has 4 heteroatoms. The summed E-state index contributed by atoms with van der Waals surface area (Å²) < 4.78 is 0. The zero-order valence-corrected chi connectivity index (χ0v) is 8.84. The highest BCUT2D eigenvalue weighted by Crippen LogP contribution is 2.03. The second-order valence-electron chi connectivity index (χ2n) is 4.08. The highest BCUT2D eigenvalue weighted by molar-refractivity contribution is 4.77. The number of rotatable bonds is 1. The Balaban J connectivity index is 1.83. The molecule has 1 radical (unpaired) electrons. The van der Waals surface area contributed by atoms with E-state index >= 15 is 0 Å². The third-order valence-corrected chi connectivity index (χ3v) is 2.97. The molecule has 0 aromatic carbocycles. The summed E-state index contributed by atoms with van der Waals surface area (Å²) in [5, 5.41) is 11.6. The van der Waals surface area contributed by atoms with Gasteiger partial charge in [0.25, 0.3) is 0 Å². The van der Waals surface area contributed by atoms with Crippen molar-refractivity contribution in [1.82, 2.24) is 20.9 Å². The van der Waals surface area contributed by atoms with Crippen molar-refractivity contribution >= 4 is 0 Å². The second kappa shape index (κ2) is 5.66. The van der Waals surface area contributed by atoms with Gasteiger partial charge >= 0.3 is 0 Å². The average molecular weight is 197 g/mol. The first kappa shape index (κ1) is 10.4. The van der Waals surface area contributed by atoms with E-state index in [1.165, 1.54) is 19.4 Å². The molecule has 0 aromatic rings. The zero-order valence-electron chi connectivity index (χ0n) is 8.84. The molecule has 0 bridgehead atoms. The molecule has 0 amide bonds. The fourth-order valence-electron chi connectivity index (χ4n) is 2.15. The van der Waals surface area contributed by atoms with Crippen molar-refractivity contribution < 1.29 is 0 Å². The Labute approximate surface area is 86.4 Å². The molecule has 2 aliphatic rings. The summed E-state index contributed by atoms with van der Waals surface area (Å²) in [4.78, 5) is 2.51. The maximum atomic E-state index is 4.72. The molecule has 1 unspecified atom stereocenters. The number of hydrogen-bond donors (Lipinski definition) is 2. The molecule has 1 atom stereocenters. The van der Waals surface area contributed by atoms with Gasteiger partial charge in [0.1, 0.15) is 0 Å². The van der Waals surface area contributed by atoms with E-state index < -0.39 is 0 Å². The van der Waals surface area contributed by atoms with Gasteiger partial charge in [-0.3, -0.25) is 4.90 Å². The molecule has 4 nitrogen and oxygen atoms in total. The standard InChI is InChI=1S/C10H21N4/c1-3-12-9-10(13-5-1)14-7-2-4-11-6-8-14/h10-12H,1-9H2. The maximum Gasteiger partial charge on any atom is 0.0887 e. The minimum Gasteiger partial charge on any atom is -0.315 e. The van der Waals surface area contributed by atoms with E-state index in [1.807, 2.05) is 0 Å². The van der Waals surface area contributed by atoms with Crippen LogP contribution in [0.2, 0.25) is 0 Å². The minimum atomic E-state index is 0.428. The van der Waals surface area contributed by atoms with E-state index in [0.717, 1.165) is 39.3 Å². The molecule has 14 heavy (non-hydrogen) atoms. The molecule has 0 spiro atoms. The van der Waals surface area contributed by atoms with Gasteiger partial charge in [-0.15, -0.1) is 0 Å². The third-order valence-electron chi connectivity index (χ3n) is 2.97. The quantitative estimate of drug-likeness (QED) is 0.578. The van der Waals surface area contributed by atoms with Crippen LogP contribution < -0.4 is 16.0 Å². The van der Waals surface area contributed by atoms with Gasteiger partial charge in [0.05, 0.1) is 6.17 Å². The van der Waals surface area contributed by atoms with Crippen LogP contribution in [0.5, 0.6) is 0 Å². The molecule has 0 aromatic heterocycles. The summed E-state index contributed by atoms with van der Waals surface area (Å²) in [7, 11) is 0. The molecule has 81 valence electrons. The molecule has 0 aliphatic carbocycles. The van der Waals surface area contributed by atoms with Crippen LogP contribution in [-0.4, -0.2) is 56.9 Å². The summed E-state index contributed by atoms with van der Waals surface area (Å²) in [5.41, 5.74) is 0. The second-order valence-corrected chi connectivity index (χ2v) is 4.08. The van der Waals surface area contributed by atoms with Crippen LogP contribution >= 0.6 is 0 Å². The highest BCUT2D eigenvalue weighted by atomic mass is 15.3. The number of nitrogens with zero attached hydrogens (tertiary/aromatic N) is 2. The first-order valence-corrected chi connectivity index (χ1v) is 5.79. The predicted octanol–water partition coefficient (Wildman–Crippen LogP) is -0.794. The zero-order chi connectivity index (χ0) is 9.64. The maximum absolute atomic E-state index is 4.72. The largest absolute Gasteiger partial charge is 0.315 e. The Hall–Kier alpha value is -0.160. The molecule has 2 aliphatic heterocycles. The Morgan fingerprint density at radius 1 is 1.00 bits per heavy atom. The van der Waals surface area contributed by atoms with Crippen LogP contribution in [0.15, 0.2) is 0 Å². The van der Waals surface area contributed by atoms with E-state index in [1.54, 1.807) is 0 Å². The van der Waals surface area contributed by atoms with Gasteiger partial charge in [0, 0.05) is 32.7 Å². The van der Waals surface area contributed by atoms with Crippen LogP contribution in [0, 0.1) is 0 Å². The van der Waals surface area contributed by atoms with E-state index in [2.05, 4.69) is 15.5 Å². The molecular weight excluding hydrogens is 176 g/mol. The van der Waals surface area contributed by atoms with Gasteiger partial charge in [-0.05, 0) is 25.9 Å². The van der Waals surface area contributed by atoms with E-state index in [9.17, 15) is 0 Å².